The van der Waals surface area contributed by atoms with E-state index in [1.807, 2.05) is 0 Å². The molecule has 6 heteroatoms. The van der Waals surface area contributed by atoms with Crippen LogP contribution in [-0.4, -0.2) is 34.9 Å². The number of hydrogen-bond acceptors (Lipinski definition) is 4. The van der Waals surface area contributed by atoms with E-state index in [2.05, 4.69) is 0 Å². The van der Waals surface area contributed by atoms with E-state index >= 15 is 0 Å². The van der Waals surface area contributed by atoms with Crippen molar-refractivity contribution in [2.45, 2.75) is 64.3 Å². The number of alkyl halides is 1. The maximum absolute atomic E-state index is 12.8. The topological polar surface area (TPSA) is 72.8 Å². The molecule has 1 aromatic carbocycles. The molecule has 1 saturated carbocycles. The van der Waals surface area contributed by atoms with E-state index in [1.54, 1.807) is 45.0 Å². The van der Waals surface area contributed by atoms with Crippen LogP contribution in [0.1, 0.15) is 45.6 Å². The average Bonchev–Trinajstić information content (AvgIpc) is 2.44. The summed E-state index contributed by atoms with van der Waals surface area (Å²) in [6, 6.07) is 7.03. The summed E-state index contributed by atoms with van der Waals surface area (Å²) in [7, 11) is 0. The van der Waals surface area contributed by atoms with E-state index in [-0.39, 0.29) is 18.9 Å². The number of carboxylic acid groups (broad SMARTS) is 1. The highest BCUT2D eigenvalue weighted by Crippen LogP contribution is 2.28. The van der Waals surface area contributed by atoms with Gasteiger partial charge in [0.25, 0.3) is 0 Å². The molecule has 1 aliphatic rings. The van der Waals surface area contributed by atoms with Crippen molar-refractivity contribution in [3.05, 3.63) is 29.8 Å². The van der Waals surface area contributed by atoms with Crippen LogP contribution in [0.2, 0.25) is 0 Å². The summed E-state index contributed by atoms with van der Waals surface area (Å²) in [5, 5.41) is 9.35. The van der Waals surface area contributed by atoms with Gasteiger partial charge in [0.15, 0.2) is 0 Å². The lowest BCUT2D eigenvalue weighted by atomic mass is 9.93. The fourth-order valence-corrected chi connectivity index (χ4v) is 2.61. The van der Waals surface area contributed by atoms with Crippen molar-refractivity contribution in [1.82, 2.24) is 0 Å². The quantitative estimate of drug-likeness (QED) is 0.760. The van der Waals surface area contributed by atoms with Crippen LogP contribution in [0.4, 0.5) is 4.39 Å². The molecule has 5 nitrogen and oxygen atoms in total. The zero-order valence-corrected chi connectivity index (χ0v) is 14.8. The molecule has 1 atom stereocenters. The van der Waals surface area contributed by atoms with Gasteiger partial charge in [0, 0.05) is 12.8 Å². The molecule has 0 bridgehead atoms. The van der Waals surface area contributed by atoms with Crippen LogP contribution in [0.25, 0.3) is 0 Å². The summed E-state index contributed by atoms with van der Waals surface area (Å²) in [6.07, 6.45) is 0.0286. The first-order valence-electron chi connectivity index (χ1n) is 8.46. The lowest BCUT2D eigenvalue weighted by Crippen LogP contribution is -2.34. The summed E-state index contributed by atoms with van der Waals surface area (Å²) in [5.74, 6) is -1.76. The Kier molecular flexibility index (Phi) is 6.03. The molecule has 0 aliphatic heterocycles. The molecule has 0 spiro atoms. The maximum Gasteiger partial charge on any atom is 0.307 e. The second-order valence-corrected chi connectivity index (χ2v) is 7.48. The fourth-order valence-electron chi connectivity index (χ4n) is 2.61. The number of halogens is 1. The minimum atomic E-state index is -1.03. The van der Waals surface area contributed by atoms with Gasteiger partial charge < -0.3 is 14.6 Å². The van der Waals surface area contributed by atoms with Gasteiger partial charge in [-0.25, -0.2) is 4.39 Å². The number of carbonyl (C=O) groups is 2. The number of carbonyl (C=O) groups excluding carboxylic acids is 1. The lowest BCUT2D eigenvalue weighted by Gasteiger charge is -2.30. The van der Waals surface area contributed by atoms with Crippen LogP contribution >= 0.6 is 0 Å². The van der Waals surface area contributed by atoms with Crippen LogP contribution in [-0.2, 0) is 20.7 Å². The highest BCUT2D eigenvalue weighted by atomic mass is 19.1. The van der Waals surface area contributed by atoms with Gasteiger partial charge in [-0.15, -0.1) is 0 Å². The van der Waals surface area contributed by atoms with E-state index in [0.717, 1.165) is 5.56 Å². The molecule has 0 unspecified atom stereocenters. The molecule has 1 aromatic rings. The third-order valence-electron chi connectivity index (χ3n) is 3.93. The number of rotatable bonds is 7. The van der Waals surface area contributed by atoms with Gasteiger partial charge in [-0.1, -0.05) is 12.1 Å². The molecule has 1 aliphatic carbocycles. The Balaban J connectivity index is 1.90. The van der Waals surface area contributed by atoms with Crippen LogP contribution < -0.4 is 4.74 Å². The largest absolute Gasteiger partial charge is 0.490 e. The maximum atomic E-state index is 12.8. The molecular formula is C19H25FO5. The smallest absolute Gasteiger partial charge is 0.307 e. The van der Waals surface area contributed by atoms with E-state index in [1.165, 1.54) is 0 Å². The Hall–Kier alpha value is -2.11. The lowest BCUT2D eigenvalue weighted by molar-refractivity contribution is -0.159. The molecule has 0 radical (unpaired) electrons. The number of ether oxygens (including phenoxy) is 2. The molecule has 0 heterocycles. The molecule has 2 rings (SSSR count). The summed E-state index contributed by atoms with van der Waals surface area (Å²) in [4.78, 5) is 23.3. The number of carboxylic acids is 1. The Bertz CT molecular complexity index is 599. The van der Waals surface area contributed by atoms with Crippen LogP contribution in [0, 0.1) is 5.92 Å². The van der Waals surface area contributed by atoms with Crippen LogP contribution in [0.5, 0.6) is 5.75 Å². The van der Waals surface area contributed by atoms with Crippen molar-refractivity contribution < 1.29 is 28.6 Å². The van der Waals surface area contributed by atoms with Crippen molar-refractivity contribution in [2.75, 3.05) is 0 Å². The van der Waals surface area contributed by atoms with E-state index in [9.17, 15) is 19.1 Å². The van der Waals surface area contributed by atoms with Gasteiger partial charge in [-0.2, -0.15) is 0 Å². The molecule has 1 N–H and O–H groups in total. The van der Waals surface area contributed by atoms with Crippen molar-refractivity contribution in [3.63, 3.8) is 0 Å². The zero-order valence-electron chi connectivity index (χ0n) is 14.8. The van der Waals surface area contributed by atoms with Gasteiger partial charge >= 0.3 is 11.9 Å². The SMILES string of the molecule is CC(C)(C)OC(=O)C[C@@H](Cc1ccc(OC2CC(F)C2)cc1)C(=O)O. The molecular weight excluding hydrogens is 327 g/mol. The Morgan fingerprint density at radius 1 is 1.24 bits per heavy atom. The summed E-state index contributed by atoms with van der Waals surface area (Å²) in [6.45, 7) is 5.23. The first kappa shape index (κ1) is 19.2. The second-order valence-electron chi connectivity index (χ2n) is 7.48. The minimum Gasteiger partial charge on any atom is -0.490 e. The number of benzene rings is 1. The summed E-state index contributed by atoms with van der Waals surface area (Å²) >= 11 is 0. The van der Waals surface area contributed by atoms with E-state index < -0.39 is 29.6 Å². The van der Waals surface area contributed by atoms with Crippen molar-refractivity contribution in [2.24, 2.45) is 5.92 Å². The monoisotopic (exact) mass is 352 g/mol. The number of esters is 1. The number of hydrogen-bond donors (Lipinski definition) is 1. The first-order valence-corrected chi connectivity index (χ1v) is 8.46. The molecule has 138 valence electrons. The molecule has 0 amide bonds. The molecule has 25 heavy (non-hydrogen) atoms. The van der Waals surface area contributed by atoms with Crippen molar-refractivity contribution in [3.8, 4) is 5.75 Å². The van der Waals surface area contributed by atoms with Crippen molar-refractivity contribution in [1.29, 1.82) is 0 Å². The first-order chi connectivity index (χ1) is 11.6. The minimum absolute atomic E-state index is 0.0835. The molecule has 0 aromatic heterocycles. The van der Waals surface area contributed by atoms with Gasteiger partial charge in [0.2, 0.25) is 0 Å². The van der Waals surface area contributed by atoms with E-state index in [4.69, 9.17) is 9.47 Å². The van der Waals surface area contributed by atoms with Gasteiger partial charge in [-0.3, -0.25) is 9.59 Å². The fraction of sp³-hybridized carbons (Fsp3) is 0.579. The second kappa shape index (κ2) is 7.85. The van der Waals surface area contributed by atoms with Gasteiger partial charge in [0.05, 0.1) is 12.3 Å². The van der Waals surface area contributed by atoms with Gasteiger partial charge in [0.1, 0.15) is 23.6 Å². The van der Waals surface area contributed by atoms with Gasteiger partial charge in [-0.05, 0) is 44.9 Å². The summed E-state index contributed by atoms with van der Waals surface area (Å²) in [5.41, 5.74) is 0.152. The highest BCUT2D eigenvalue weighted by molar-refractivity contribution is 5.79. The van der Waals surface area contributed by atoms with Crippen LogP contribution in [0.15, 0.2) is 24.3 Å². The predicted octanol–water partition coefficient (Wildman–Crippen LogP) is 3.54. The highest BCUT2D eigenvalue weighted by Gasteiger charge is 2.30. The standard InChI is InChI=1S/C19H25FO5/c1-19(2,3)25-17(21)9-13(18(22)23)8-12-4-6-15(7-5-12)24-16-10-14(20)11-16/h4-7,13-14,16H,8-11H2,1-3H3,(H,22,23)/t13-,14?,16?/m1/s1. The Morgan fingerprint density at radius 3 is 2.32 bits per heavy atom. The Labute approximate surface area is 147 Å². The third kappa shape index (κ3) is 6.36. The number of aliphatic carboxylic acids is 1. The molecule has 0 saturated heterocycles. The molecule has 1 fully saturated rings. The van der Waals surface area contributed by atoms with Crippen LogP contribution in [0.3, 0.4) is 0 Å². The zero-order chi connectivity index (χ0) is 18.6. The predicted molar refractivity (Wildman–Crippen MR) is 90.3 cm³/mol. The summed E-state index contributed by atoms with van der Waals surface area (Å²) < 4.78 is 23.6. The third-order valence-corrected chi connectivity index (χ3v) is 3.93. The van der Waals surface area contributed by atoms with Crippen molar-refractivity contribution >= 4 is 11.9 Å². The Morgan fingerprint density at radius 2 is 1.84 bits per heavy atom. The normalized spacial score (nSPS) is 21.1. The average molecular weight is 352 g/mol. The van der Waals surface area contributed by atoms with E-state index in [0.29, 0.717) is 18.6 Å².